The van der Waals surface area contributed by atoms with Gasteiger partial charge < -0.3 is 5.32 Å². The van der Waals surface area contributed by atoms with E-state index in [0.717, 1.165) is 5.69 Å². The van der Waals surface area contributed by atoms with E-state index in [0.29, 0.717) is 5.92 Å². The fourth-order valence-electron chi connectivity index (χ4n) is 2.54. The van der Waals surface area contributed by atoms with Crippen LogP contribution in [0.3, 0.4) is 0 Å². The summed E-state index contributed by atoms with van der Waals surface area (Å²) in [7, 11) is 0. The molecule has 1 aliphatic heterocycles. The highest BCUT2D eigenvalue weighted by Crippen LogP contribution is 2.33. The summed E-state index contributed by atoms with van der Waals surface area (Å²) in [4.78, 5) is 4.23. The summed E-state index contributed by atoms with van der Waals surface area (Å²) in [6.07, 6.45) is 4.04. The molecule has 1 aliphatic rings. The fourth-order valence-corrected chi connectivity index (χ4v) is 2.54. The number of hydrogen-bond donors (Lipinski definition) is 2. The van der Waals surface area contributed by atoms with E-state index >= 15 is 0 Å². The van der Waals surface area contributed by atoms with Crippen molar-refractivity contribution in [2.75, 3.05) is 5.32 Å². The maximum atomic E-state index is 4.23. The summed E-state index contributed by atoms with van der Waals surface area (Å²) >= 11 is 0. The first-order valence-electron chi connectivity index (χ1n) is 6.77. The molecule has 3 nitrogen and oxygen atoms in total. The van der Waals surface area contributed by atoms with Crippen LogP contribution in [0.4, 0.5) is 5.69 Å². The predicted molar refractivity (Wildman–Crippen MR) is 77.9 cm³/mol. The van der Waals surface area contributed by atoms with Gasteiger partial charge in [-0.15, -0.1) is 0 Å². The number of anilines is 1. The molecule has 1 aromatic carbocycles. The maximum Gasteiger partial charge on any atom is 0.0799 e. The highest BCUT2D eigenvalue weighted by atomic mass is 15.2. The first-order valence-corrected chi connectivity index (χ1v) is 6.77. The van der Waals surface area contributed by atoms with Gasteiger partial charge in [0.05, 0.1) is 24.1 Å². The van der Waals surface area contributed by atoms with E-state index in [4.69, 9.17) is 0 Å². The van der Waals surface area contributed by atoms with E-state index in [1.54, 1.807) is 0 Å². The first-order chi connectivity index (χ1) is 9.25. The molecule has 2 atom stereocenters. The summed E-state index contributed by atoms with van der Waals surface area (Å²) < 4.78 is 0. The first kappa shape index (κ1) is 12.2. The fraction of sp³-hybridized carbons (Fsp3) is 0.312. The van der Waals surface area contributed by atoms with Gasteiger partial charge in [0.2, 0.25) is 0 Å². The highest BCUT2D eigenvalue weighted by molar-refractivity contribution is 5.56. The van der Waals surface area contributed by atoms with E-state index in [2.05, 4.69) is 65.9 Å². The molecular formula is C16H19N3. The van der Waals surface area contributed by atoms with Crippen LogP contribution in [0.15, 0.2) is 48.8 Å². The molecule has 19 heavy (non-hydrogen) atoms. The summed E-state index contributed by atoms with van der Waals surface area (Å²) in [5.74, 6) is 0.513. The Hall–Kier alpha value is -1.87. The molecule has 0 amide bonds. The number of rotatable bonds is 2. The van der Waals surface area contributed by atoms with Crippen molar-refractivity contribution in [3.8, 4) is 0 Å². The van der Waals surface area contributed by atoms with Crippen molar-refractivity contribution >= 4 is 5.69 Å². The van der Waals surface area contributed by atoms with Crippen LogP contribution in [-0.4, -0.2) is 11.1 Å². The smallest absolute Gasteiger partial charge is 0.0799 e. The van der Waals surface area contributed by atoms with Crippen molar-refractivity contribution in [2.24, 2.45) is 5.92 Å². The molecule has 2 aromatic rings. The predicted octanol–water partition coefficient (Wildman–Crippen LogP) is 3.17. The molecule has 3 heteroatoms. The molecule has 0 aliphatic carbocycles. The van der Waals surface area contributed by atoms with Crippen molar-refractivity contribution in [1.82, 2.24) is 10.3 Å². The van der Waals surface area contributed by atoms with Crippen molar-refractivity contribution in [3.63, 3.8) is 0 Å². The van der Waals surface area contributed by atoms with Crippen LogP contribution >= 0.6 is 0 Å². The summed E-state index contributed by atoms with van der Waals surface area (Å²) in [5, 5.41) is 7.21. The van der Waals surface area contributed by atoms with Gasteiger partial charge in [0.15, 0.2) is 0 Å². The van der Waals surface area contributed by atoms with Crippen LogP contribution in [0.5, 0.6) is 0 Å². The van der Waals surface area contributed by atoms with Crippen molar-refractivity contribution in [1.29, 1.82) is 0 Å². The standard InChI is InChI=1S/C16H19N3/c1-11(2)16-18-14-10-17-9-8-13(14)15(19-16)12-6-4-3-5-7-12/h3-11,15-16,18-19H,1-2H3. The van der Waals surface area contributed by atoms with E-state index in [1.165, 1.54) is 11.1 Å². The van der Waals surface area contributed by atoms with Crippen molar-refractivity contribution < 1.29 is 0 Å². The van der Waals surface area contributed by atoms with Gasteiger partial charge in [-0.3, -0.25) is 10.3 Å². The number of nitrogens with zero attached hydrogens (tertiary/aromatic N) is 1. The molecule has 98 valence electrons. The molecule has 3 rings (SSSR count). The van der Waals surface area contributed by atoms with E-state index in [9.17, 15) is 0 Å². The Morgan fingerprint density at radius 3 is 2.63 bits per heavy atom. The lowest BCUT2D eigenvalue weighted by Crippen LogP contribution is -2.46. The molecule has 0 radical (unpaired) electrons. The van der Waals surface area contributed by atoms with Gasteiger partial charge in [-0.25, -0.2) is 0 Å². The molecule has 2 N–H and O–H groups in total. The lowest BCUT2D eigenvalue weighted by atomic mass is 9.94. The van der Waals surface area contributed by atoms with Crippen LogP contribution in [0.2, 0.25) is 0 Å². The Balaban J connectivity index is 2.03. The SMILES string of the molecule is CC(C)C1Nc2cnccc2C(c2ccccc2)N1. The molecule has 2 unspecified atom stereocenters. The van der Waals surface area contributed by atoms with Crippen LogP contribution in [0.25, 0.3) is 0 Å². The summed E-state index contributed by atoms with van der Waals surface area (Å²) in [5.41, 5.74) is 3.69. The molecule has 0 fully saturated rings. The molecule has 0 bridgehead atoms. The monoisotopic (exact) mass is 253 g/mol. The Kier molecular flexibility index (Phi) is 3.22. The van der Waals surface area contributed by atoms with Gasteiger partial charge in [0.1, 0.15) is 0 Å². The number of pyridine rings is 1. The maximum absolute atomic E-state index is 4.23. The Labute approximate surface area is 114 Å². The second-order valence-corrected chi connectivity index (χ2v) is 5.34. The molecule has 0 saturated heterocycles. The van der Waals surface area contributed by atoms with Crippen molar-refractivity contribution in [2.45, 2.75) is 26.1 Å². The second kappa shape index (κ2) is 5.02. The number of hydrogen-bond acceptors (Lipinski definition) is 3. The second-order valence-electron chi connectivity index (χ2n) is 5.34. The van der Waals surface area contributed by atoms with Crippen LogP contribution in [0, 0.1) is 5.92 Å². The van der Waals surface area contributed by atoms with Gasteiger partial charge in [-0.1, -0.05) is 44.2 Å². The normalized spacial score (nSPS) is 21.8. The molecule has 2 heterocycles. The van der Waals surface area contributed by atoms with Gasteiger partial charge in [-0.2, -0.15) is 0 Å². The summed E-state index contributed by atoms with van der Waals surface area (Å²) in [6, 6.07) is 12.9. The average Bonchev–Trinajstić information content (AvgIpc) is 2.47. The van der Waals surface area contributed by atoms with Crippen LogP contribution in [0.1, 0.15) is 31.0 Å². The topological polar surface area (TPSA) is 37.0 Å². The van der Waals surface area contributed by atoms with Gasteiger partial charge in [0.25, 0.3) is 0 Å². The lowest BCUT2D eigenvalue weighted by molar-refractivity contribution is 0.396. The zero-order valence-corrected chi connectivity index (χ0v) is 11.3. The Morgan fingerprint density at radius 1 is 1.11 bits per heavy atom. The molecular weight excluding hydrogens is 234 g/mol. The minimum Gasteiger partial charge on any atom is -0.368 e. The van der Waals surface area contributed by atoms with E-state index in [-0.39, 0.29) is 12.2 Å². The molecule has 0 saturated carbocycles. The number of benzene rings is 1. The average molecular weight is 253 g/mol. The third-order valence-corrected chi connectivity index (χ3v) is 3.62. The van der Waals surface area contributed by atoms with Gasteiger partial charge in [-0.05, 0) is 23.1 Å². The Bertz CT molecular complexity index is 551. The van der Waals surface area contributed by atoms with Crippen LogP contribution in [-0.2, 0) is 0 Å². The Morgan fingerprint density at radius 2 is 1.89 bits per heavy atom. The van der Waals surface area contributed by atoms with Gasteiger partial charge in [0, 0.05) is 6.20 Å². The number of aromatic nitrogens is 1. The number of fused-ring (bicyclic) bond motifs is 1. The lowest BCUT2D eigenvalue weighted by Gasteiger charge is -2.36. The highest BCUT2D eigenvalue weighted by Gasteiger charge is 2.28. The van der Waals surface area contributed by atoms with Crippen LogP contribution < -0.4 is 10.6 Å². The number of nitrogens with one attached hydrogen (secondary N) is 2. The quantitative estimate of drug-likeness (QED) is 0.863. The molecule has 0 spiro atoms. The third kappa shape index (κ3) is 2.34. The van der Waals surface area contributed by atoms with Crippen molar-refractivity contribution in [3.05, 3.63) is 59.9 Å². The summed E-state index contributed by atoms with van der Waals surface area (Å²) in [6.45, 7) is 4.43. The minimum atomic E-state index is 0.229. The van der Waals surface area contributed by atoms with E-state index in [1.807, 2.05) is 12.4 Å². The third-order valence-electron chi connectivity index (χ3n) is 3.62. The van der Waals surface area contributed by atoms with Gasteiger partial charge >= 0.3 is 0 Å². The zero-order chi connectivity index (χ0) is 13.2. The minimum absolute atomic E-state index is 0.229. The van der Waals surface area contributed by atoms with E-state index < -0.39 is 0 Å². The zero-order valence-electron chi connectivity index (χ0n) is 11.3. The molecule has 1 aromatic heterocycles. The largest absolute Gasteiger partial charge is 0.368 e.